The molecule has 0 aliphatic heterocycles. The first kappa shape index (κ1) is 24.9. The van der Waals surface area contributed by atoms with Crippen LogP contribution in [0.2, 0.25) is 10.0 Å². The van der Waals surface area contributed by atoms with Crippen LogP contribution in [0.15, 0.2) is 66.7 Å². The van der Waals surface area contributed by atoms with Gasteiger partial charge in [-0.05, 0) is 47.4 Å². The highest BCUT2D eigenvalue weighted by Gasteiger charge is 2.11. The molecule has 0 aliphatic rings. The molecule has 2 N–H and O–H groups in total. The predicted molar refractivity (Wildman–Crippen MR) is 133 cm³/mol. The summed E-state index contributed by atoms with van der Waals surface area (Å²) in [6.45, 7) is 0.709. The molecular formula is C24H24Cl2N2O4S. The monoisotopic (exact) mass is 506 g/mol. The van der Waals surface area contributed by atoms with Gasteiger partial charge in [0.2, 0.25) is 15.9 Å². The average Bonchev–Trinajstić information content (AvgIpc) is 2.76. The first-order valence-electron chi connectivity index (χ1n) is 10.2. The van der Waals surface area contributed by atoms with Crippen molar-refractivity contribution < 1.29 is 17.9 Å². The fraction of sp³-hybridized carbons (Fsp3) is 0.208. The van der Waals surface area contributed by atoms with Gasteiger partial charge in [0.1, 0.15) is 12.4 Å². The van der Waals surface area contributed by atoms with Crippen molar-refractivity contribution in [3.05, 3.63) is 93.5 Å². The van der Waals surface area contributed by atoms with Gasteiger partial charge in [-0.3, -0.25) is 9.52 Å². The molecule has 0 unspecified atom stereocenters. The number of rotatable bonds is 10. The lowest BCUT2D eigenvalue weighted by Gasteiger charge is -2.14. The second-order valence-electron chi connectivity index (χ2n) is 7.50. The standard InChI is InChI=1S/C24H24Cl2N2O4S/c1-33(30,31)28-22-10-8-17(14-23(22)32-16-18-5-3-2-4-6-18)11-12-27-24(29)15-19-7-9-20(25)21(26)13-19/h2-10,13-14,28H,11-12,15-16H2,1H3,(H,27,29). The van der Waals surface area contributed by atoms with E-state index < -0.39 is 10.0 Å². The highest BCUT2D eigenvalue weighted by Crippen LogP contribution is 2.28. The van der Waals surface area contributed by atoms with Gasteiger partial charge in [0.05, 0.1) is 28.4 Å². The van der Waals surface area contributed by atoms with Gasteiger partial charge in [-0.25, -0.2) is 8.42 Å². The maximum Gasteiger partial charge on any atom is 0.229 e. The number of ether oxygens (including phenoxy) is 1. The van der Waals surface area contributed by atoms with Crippen molar-refractivity contribution in [1.82, 2.24) is 5.32 Å². The third-order valence-corrected chi connectivity index (χ3v) is 5.99. The van der Waals surface area contributed by atoms with Crippen molar-refractivity contribution in [1.29, 1.82) is 0 Å². The van der Waals surface area contributed by atoms with E-state index in [1.807, 2.05) is 30.3 Å². The van der Waals surface area contributed by atoms with Crippen molar-refractivity contribution in [3.8, 4) is 5.75 Å². The van der Waals surface area contributed by atoms with E-state index in [0.717, 1.165) is 22.9 Å². The molecule has 0 fully saturated rings. The molecule has 33 heavy (non-hydrogen) atoms. The summed E-state index contributed by atoms with van der Waals surface area (Å²) in [5.41, 5.74) is 2.99. The van der Waals surface area contributed by atoms with Crippen LogP contribution in [0.4, 0.5) is 5.69 Å². The molecule has 3 aromatic rings. The van der Waals surface area contributed by atoms with Crippen LogP contribution in [-0.2, 0) is 34.3 Å². The number of sulfonamides is 1. The van der Waals surface area contributed by atoms with Crippen molar-refractivity contribution in [3.63, 3.8) is 0 Å². The molecule has 3 aromatic carbocycles. The molecule has 0 spiro atoms. The Kier molecular flexibility index (Phi) is 8.61. The molecule has 0 saturated carbocycles. The highest BCUT2D eigenvalue weighted by atomic mass is 35.5. The lowest BCUT2D eigenvalue weighted by atomic mass is 10.1. The molecule has 0 saturated heterocycles. The van der Waals surface area contributed by atoms with Gasteiger partial charge in [-0.2, -0.15) is 0 Å². The van der Waals surface area contributed by atoms with E-state index in [9.17, 15) is 13.2 Å². The predicted octanol–water partition coefficient (Wildman–Crippen LogP) is 4.85. The smallest absolute Gasteiger partial charge is 0.229 e. The van der Waals surface area contributed by atoms with Crippen LogP contribution in [0.3, 0.4) is 0 Å². The van der Waals surface area contributed by atoms with E-state index >= 15 is 0 Å². The fourth-order valence-electron chi connectivity index (χ4n) is 3.10. The number of nitrogens with one attached hydrogen (secondary N) is 2. The molecule has 6 nitrogen and oxygen atoms in total. The first-order chi connectivity index (χ1) is 15.7. The van der Waals surface area contributed by atoms with Gasteiger partial charge in [0.15, 0.2) is 0 Å². The molecule has 0 aliphatic carbocycles. The summed E-state index contributed by atoms with van der Waals surface area (Å²) in [6, 6.07) is 19.9. The molecule has 0 bridgehead atoms. The summed E-state index contributed by atoms with van der Waals surface area (Å²) in [5, 5.41) is 3.73. The van der Waals surface area contributed by atoms with E-state index in [1.165, 1.54) is 0 Å². The summed E-state index contributed by atoms with van der Waals surface area (Å²) in [7, 11) is -3.46. The summed E-state index contributed by atoms with van der Waals surface area (Å²) >= 11 is 11.9. The minimum Gasteiger partial charge on any atom is -0.487 e. The molecule has 3 rings (SSSR count). The van der Waals surface area contributed by atoms with Crippen LogP contribution >= 0.6 is 23.2 Å². The number of amides is 1. The Labute approximate surface area is 203 Å². The summed E-state index contributed by atoms with van der Waals surface area (Å²) in [6.07, 6.45) is 1.83. The Bertz CT molecular complexity index is 1220. The third kappa shape index (κ3) is 8.28. The van der Waals surface area contributed by atoms with E-state index in [-0.39, 0.29) is 12.3 Å². The van der Waals surface area contributed by atoms with Gasteiger partial charge >= 0.3 is 0 Å². The summed E-state index contributed by atoms with van der Waals surface area (Å²) in [4.78, 5) is 12.2. The molecule has 9 heteroatoms. The zero-order chi connectivity index (χ0) is 23.8. The molecule has 174 valence electrons. The number of anilines is 1. The second kappa shape index (κ2) is 11.4. The summed E-state index contributed by atoms with van der Waals surface area (Å²) < 4.78 is 31.8. The SMILES string of the molecule is CS(=O)(=O)Nc1ccc(CCNC(=O)Cc2ccc(Cl)c(Cl)c2)cc1OCc1ccccc1. The third-order valence-electron chi connectivity index (χ3n) is 4.66. The van der Waals surface area contributed by atoms with Crippen LogP contribution in [-0.4, -0.2) is 27.1 Å². The highest BCUT2D eigenvalue weighted by molar-refractivity contribution is 7.92. The lowest BCUT2D eigenvalue weighted by molar-refractivity contribution is -0.120. The maximum atomic E-state index is 12.2. The molecule has 0 heterocycles. The lowest BCUT2D eigenvalue weighted by Crippen LogP contribution is -2.27. The van der Waals surface area contributed by atoms with Gasteiger partial charge in [0, 0.05) is 6.54 Å². The van der Waals surface area contributed by atoms with E-state index in [4.69, 9.17) is 27.9 Å². The van der Waals surface area contributed by atoms with E-state index in [2.05, 4.69) is 10.0 Å². The quantitative estimate of drug-likeness (QED) is 0.411. The van der Waals surface area contributed by atoms with Crippen LogP contribution < -0.4 is 14.8 Å². The van der Waals surface area contributed by atoms with Crippen LogP contribution in [0.25, 0.3) is 0 Å². The number of halogens is 2. The Hall–Kier alpha value is -2.74. The number of hydrogen-bond donors (Lipinski definition) is 2. The normalized spacial score (nSPS) is 11.1. The van der Waals surface area contributed by atoms with Gasteiger partial charge < -0.3 is 10.1 Å². The maximum absolute atomic E-state index is 12.2. The van der Waals surface area contributed by atoms with Gasteiger partial charge in [-0.1, -0.05) is 65.7 Å². The number of benzene rings is 3. The number of hydrogen-bond acceptors (Lipinski definition) is 4. The number of carbonyl (C=O) groups is 1. The Morgan fingerprint density at radius 2 is 1.64 bits per heavy atom. The molecule has 0 aromatic heterocycles. The largest absolute Gasteiger partial charge is 0.487 e. The number of carbonyl (C=O) groups excluding carboxylic acids is 1. The van der Waals surface area contributed by atoms with Crippen LogP contribution in [0, 0.1) is 0 Å². The van der Waals surface area contributed by atoms with Crippen molar-refractivity contribution in [2.24, 2.45) is 0 Å². The molecular weight excluding hydrogens is 483 g/mol. The van der Waals surface area contributed by atoms with Crippen molar-refractivity contribution in [2.45, 2.75) is 19.4 Å². The molecule has 0 atom stereocenters. The minimum absolute atomic E-state index is 0.135. The fourth-order valence-corrected chi connectivity index (χ4v) is 3.99. The minimum atomic E-state index is -3.46. The zero-order valence-electron chi connectivity index (χ0n) is 18.0. The molecule has 1 amide bonds. The van der Waals surface area contributed by atoms with E-state index in [1.54, 1.807) is 36.4 Å². The van der Waals surface area contributed by atoms with E-state index in [0.29, 0.717) is 41.1 Å². The van der Waals surface area contributed by atoms with Crippen molar-refractivity contribution in [2.75, 3.05) is 17.5 Å². The average molecular weight is 507 g/mol. The topological polar surface area (TPSA) is 84.5 Å². The van der Waals surface area contributed by atoms with Crippen molar-refractivity contribution >= 4 is 44.8 Å². The molecule has 0 radical (unpaired) electrons. The van der Waals surface area contributed by atoms with Gasteiger partial charge in [0.25, 0.3) is 0 Å². The Morgan fingerprint density at radius 3 is 2.33 bits per heavy atom. The second-order valence-corrected chi connectivity index (χ2v) is 10.1. The van der Waals surface area contributed by atoms with Crippen LogP contribution in [0.1, 0.15) is 16.7 Å². The first-order valence-corrected chi connectivity index (χ1v) is 12.8. The van der Waals surface area contributed by atoms with Crippen LogP contribution in [0.5, 0.6) is 5.75 Å². The summed E-state index contributed by atoms with van der Waals surface area (Å²) in [5.74, 6) is 0.285. The Balaban J connectivity index is 1.61. The zero-order valence-corrected chi connectivity index (χ0v) is 20.3. The Morgan fingerprint density at radius 1 is 0.909 bits per heavy atom. The van der Waals surface area contributed by atoms with Gasteiger partial charge in [-0.15, -0.1) is 0 Å².